The van der Waals surface area contributed by atoms with Gasteiger partial charge in [-0.3, -0.25) is 4.79 Å². The van der Waals surface area contributed by atoms with E-state index in [0.29, 0.717) is 12.8 Å². The number of hydrogen-bond acceptors (Lipinski definition) is 5. The fourth-order valence-electron chi connectivity index (χ4n) is 2.73. The highest BCUT2D eigenvalue weighted by molar-refractivity contribution is 5.84. The van der Waals surface area contributed by atoms with E-state index >= 15 is 0 Å². The van der Waals surface area contributed by atoms with Gasteiger partial charge in [-0.25, -0.2) is 4.79 Å². The van der Waals surface area contributed by atoms with E-state index in [-0.39, 0.29) is 11.9 Å². The SMILES string of the molecule is CCCC(C(=O)OC(C)(C)C)C1=CCC(OC)(C(=O)OC(C)(C)C)C=C1. The average molecular weight is 366 g/mol. The van der Waals surface area contributed by atoms with Crippen molar-refractivity contribution in [1.29, 1.82) is 0 Å². The molecule has 5 nitrogen and oxygen atoms in total. The minimum atomic E-state index is -1.15. The lowest BCUT2D eigenvalue weighted by atomic mass is 9.84. The second kappa shape index (κ2) is 8.38. The van der Waals surface area contributed by atoms with Crippen LogP contribution in [0.1, 0.15) is 67.7 Å². The van der Waals surface area contributed by atoms with Gasteiger partial charge in [0, 0.05) is 13.5 Å². The lowest BCUT2D eigenvalue weighted by molar-refractivity contribution is -0.174. The van der Waals surface area contributed by atoms with Crippen molar-refractivity contribution in [2.75, 3.05) is 7.11 Å². The van der Waals surface area contributed by atoms with Crippen LogP contribution in [0.15, 0.2) is 23.8 Å². The Morgan fingerprint density at radius 2 is 1.69 bits per heavy atom. The standard InChI is InChI=1S/C21H34O5/c1-9-10-16(17(22)25-19(2,3)4)15-11-13-21(24-8,14-12-15)18(23)26-20(5,6)7/h11-13,16H,9-10,14H2,1-8H3. The van der Waals surface area contributed by atoms with Crippen LogP contribution in [0.3, 0.4) is 0 Å². The first-order valence-corrected chi connectivity index (χ1v) is 9.24. The molecule has 0 saturated heterocycles. The summed E-state index contributed by atoms with van der Waals surface area (Å²) >= 11 is 0. The van der Waals surface area contributed by atoms with Crippen molar-refractivity contribution in [1.82, 2.24) is 0 Å². The molecule has 0 aromatic rings. The zero-order valence-electron chi connectivity index (χ0n) is 17.5. The molecule has 0 N–H and O–H groups in total. The van der Waals surface area contributed by atoms with Crippen molar-refractivity contribution >= 4 is 11.9 Å². The molecule has 0 bridgehead atoms. The summed E-state index contributed by atoms with van der Waals surface area (Å²) in [5.41, 5.74) is -1.42. The molecule has 0 heterocycles. The normalized spacial score (nSPS) is 21.8. The van der Waals surface area contributed by atoms with E-state index < -0.39 is 22.8 Å². The van der Waals surface area contributed by atoms with Crippen LogP contribution in [0.25, 0.3) is 0 Å². The maximum atomic E-state index is 12.6. The Morgan fingerprint density at radius 3 is 2.08 bits per heavy atom. The number of rotatable bonds is 6. The fourth-order valence-corrected chi connectivity index (χ4v) is 2.73. The Morgan fingerprint density at radius 1 is 1.12 bits per heavy atom. The predicted octanol–water partition coefficient (Wildman–Crippen LogP) is 4.36. The largest absolute Gasteiger partial charge is 0.459 e. The Balaban J connectivity index is 2.99. The van der Waals surface area contributed by atoms with Crippen LogP contribution in [0.2, 0.25) is 0 Å². The summed E-state index contributed by atoms with van der Waals surface area (Å²) in [5.74, 6) is -1.01. The number of allylic oxidation sites excluding steroid dienone is 1. The van der Waals surface area contributed by atoms with E-state index in [4.69, 9.17) is 14.2 Å². The molecular formula is C21H34O5. The minimum absolute atomic E-state index is 0.238. The first-order valence-electron chi connectivity index (χ1n) is 9.24. The van der Waals surface area contributed by atoms with Gasteiger partial charge < -0.3 is 14.2 Å². The van der Waals surface area contributed by atoms with Gasteiger partial charge in [0.1, 0.15) is 11.2 Å². The molecule has 1 rings (SSSR count). The van der Waals surface area contributed by atoms with Gasteiger partial charge in [-0.2, -0.15) is 0 Å². The van der Waals surface area contributed by atoms with E-state index in [0.717, 1.165) is 12.0 Å². The summed E-state index contributed by atoms with van der Waals surface area (Å²) in [4.78, 5) is 25.2. The quantitative estimate of drug-likeness (QED) is 0.654. The van der Waals surface area contributed by atoms with Gasteiger partial charge in [0.05, 0.1) is 5.92 Å². The fraction of sp³-hybridized carbons (Fsp3) is 0.714. The second-order valence-electron chi connectivity index (χ2n) is 8.71. The molecule has 0 spiro atoms. The van der Waals surface area contributed by atoms with Gasteiger partial charge in [0.15, 0.2) is 5.60 Å². The number of ether oxygens (including phenoxy) is 3. The number of methoxy groups -OCH3 is 1. The maximum Gasteiger partial charge on any atom is 0.343 e. The van der Waals surface area contributed by atoms with Crippen molar-refractivity contribution in [2.45, 2.75) is 84.5 Å². The van der Waals surface area contributed by atoms with Crippen molar-refractivity contribution in [3.8, 4) is 0 Å². The molecule has 0 saturated carbocycles. The van der Waals surface area contributed by atoms with Crippen LogP contribution >= 0.6 is 0 Å². The van der Waals surface area contributed by atoms with Gasteiger partial charge in [-0.15, -0.1) is 0 Å². The monoisotopic (exact) mass is 366 g/mol. The van der Waals surface area contributed by atoms with Crippen LogP contribution in [0.4, 0.5) is 0 Å². The minimum Gasteiger partial charge on any atom is -0.459 e. The van der Waals surface area contributed by atoms with Crippen LogP contribution < -0.4 is 0 Å². The Labute approximate surface area is 157 Å². The topological polar surface area (TPSA) is 61.8 Å². The molecule has 2 atom stereocenters. The van der Waals surface area contributed by atoms with Crippen LogP contribution in [-0.2, 0) is 23.8 Å². The Hall–Kier alpha value is -1.62. The molecule has 148 valence electrons. The van der Waals surface area contributed by atoms with E-state index in [1.807, 2.05) is 54.5 Å². The molecule has 26 heavy (non-hydrogen) atoms. The van der Waals surface area contributed by atoms with Gasteiger partial charge >= 0.3 is 11.9 Å². The maximum absolute atomic E-state index is 12.6. The highest BCUT2D eigenvalue weighted by Gasteiger charge is 2.41. The van der Waals surface area contributed by atoms with Crippen LogP contribution in [0, 0.1) is 5.92 Å². The summed E-state index contributed by atoms with van der Waals surface area (Å²) in [6.45, 7) is 13.1. The first kappa shape index (κ1) is 22.4. The summed E-state index contributed by atoms with van der Waals surface area (Å²) in [5, 5.41) is 0. The summed E-state index contributed by atoms with van der Waals surface area (Å²) in [6, 6.07) is 0. The Kier molecular flexibility index (Phi) is 7.23. The van der Waals surface area contributed by atoms with Crippen LogP contribution in [-0.4, -0.2) is 35.9 Å². The van der Waals surface area contributed by atoms with Gasteiger partial charge in [-0.05, 0) is 59.6 Å². The molecule has 0 fully saturated rings. The molecule has 0 aromatic heterocycles. The number of hydrogen-bond donors (Lipinski definition) is 0. The van der Waals surface area contributed by atoms with Gasteiger partial charge in [-0.1, -0.05) is 25.5 Å². The van der Waals surface area contributed by atoms with E-state index in [9.17, 15) is 9.59 Å². The molecule has 0 amide bonds. The molecule has 5 heteroatoms. The number of carbonyl (C=O) groups is 2. The van der Waals surface area contributed by atoms with E-state index in [2.05, 4.69) is 0 Å². The second-order valence-corrected chi connectivity index (χ2v) is 8.71. The van der Waals surface area contributed by atoms with Crippen LogP contribution in [0.5, 0.6) is 0 Å². The van der Waals surface area contributed by atoms with E-state index in [1.54, 1.807) is 12.2 Å². The highest BCUT2D eigenvalue weighted by atomic mass is 16.6. The third-order valence-corrected chi connectivity index (χ3v) is 3.97. The Bertz CT molecular complexity index is 574. The summed E-state index contributed by atoms with van der Waals surface area (Å²) < 4.78 is 16.5. The lowest BCUT2D eigenvalue weighted by Crippen LogP contribution is -2.44. The zero-order valence-corrected chi connectivity index (χ0v) is 17.5. The van der Waals surface area contributed by atoms with Gasteiger partial charge in [0.2, 0.25) is 0 Å². The molecule has 2 unspecified atom stereocenters. The summed E-state index contributed by atoms with van der Waals surface area (Å²) in [7, 11) is 1.49. The van der Waals surface area contributed by atoms with Crippen molar-refractivity contribution < 1.29 is 23.8 Å². The first-order chi connectivity index (χ1) is 11.8. The summed E-state index contributed by atoms with van der Waals surface area (Å²) in [6.07, 6.45) is 7.25. The molecule has 0 aliphatic heterocycles. The third kappa shape index (κ3) is 6.27. The van der Waals surface area contributed by atoms with Crippen molar-refractivity contribution in [2.24, 2.45) is 5.92 Å². The molecule has 1 aliphatic carbocycles. The smallest absolute Gasteiger partial charge is 0.343 e. The third-order valence-electron chi connectivity index (χ3n) is 3.97. The number of esters is 2. The zero-order chi connectivity index (χ0) is 20.2. The molecular weight excluding hydrogens is 332 g/mol. The van der Waals surface area contributed by atoms with Crippen molar-refractivity contribution in [3.05, 3.63) is 23.8 Å². The average Bonchev–Trinajstić information content (AvgIpc) is 2.49. The molecule has 1 aliphatic rings. The number of carbonyl (C=O) groups excluding carboxylic acids is 2. The van der Waals surface area contributed by atoms with Gasteiger partial charge in [0.25, 0.3) is 0 Å². The van der Waals surface area contributed by atoms with Crippen molar-refractivity contribution in [3.63, 3.8) is 0 Å². The highest BCUT2D eigenvalue weighted by Crippen LogP contribution is 2.32. The predicted molar refractivity (Wildman–Crippen MR) is 102 cm³/mol. The molecule has 0 radical (unpaired) electrons. The molecule has 0 aromatic carbocycles. The van der Waals surface area contributed by atoms with E-state index in [1.165, 1.54) is 7.11 Å². The lowest BCUT2D eigenvalue weighted by Gasteiger charge is -2.33.